The molecule has 0 spiro atoms. The van der Waals surface area contributed by atoms with E-state index in [1.165, 1.54) is 0 Å². The summed E-state index contributed by atoms with van der Waals surface area (Å²) in [5.74, 6) is 0.448. The molecule has 0 saturated heterocycles. The Morgan fingerprint density at radius 1 is 1.05 bits per heavy atom. The van der Waals surface area contributed by atoms with Gasteiger partial charge in [0.2, 0.25) is 0 Å². The van der Waals surface area contributed by atoms with Crippen molar-refractivity contribution >= 4 is 39.8 Å². The van der Waals surface area contributed by atoms with Crippen molar-refractivity contribution in [2.75, 3.05) is 5.75 Å². The number of halogens is 2. The second-order valence-electron chi connectivity index (χ2n) is 4.52. The summed E-state index contributed by atoms with van der Waals surface area (Å²) in [6.07, 6.45) is 0.914. The molecular formula is C16H14Cl2O2S. The van der Waals surface area contributed by atoms with Gasteiger partial charge in [-0.15, -0.1) is 0 Å². The molecule has 2 aromatic carbocycles. The van der Waals surface area contributed by atoms with Crippen LogP contribution < -0.4 is 0 Å². The molecule has 0 N–H and O–H groups in total. The van der Waals surface area contributed by atoms with Crippen LogP contribution in [-0.2, 0) is 10.8 Å². The molecular weight excluding hydrogens is 327 g/mol. The molecule has 110 valence electrons. The maximum absolute atomic E-state index is 12.2. The maximum atomic E-state index is 12.2. The van der Waals surface area contributed by atoms with Gasteiger partial charge < -0.3 is 0 Å². The van der Waals surface area contributed by atoms with E-state index < -0.39 is 10.8 Å². The van der Waals surface area contributed by atoms with Crippen LogP contribution >= 0.6 is 23.2 Å². The van der Waals surface area contributed by atoms with Crippen LogP contribution in [0.5, 0.6) is 0 Å². The van der Waals surface area contributed by atoms with E-state index in [1.807, 2.05) is 18.2 Å². The van der Waals surface area contributed by atoms with Crippen molar-refractivity contribution in [3.05, 3.63) is 64.1 Å². The number of ketones is 1. The van der Waals surface area contributed by atoms with E-state index in [2.05, 4.69) is 0 Å². The summed E-state index contributed by atoms with van der Waals surface area (Å²) in [6, 6.07) is 14.0. The molecule has 0 saturated carbocycles. The third kappa shape index (κ3) is 4.67. The number of rotatable bonds is 6. The van der Waals surface area contributed by atoms with Crippen molar-refractivity contribution in [1.82, 2.24) is 0 Å². The average Bonchev–Trinajstić information content (AvgIpc) is 2.50. The monoisotopic (exact) mass is 340 g/mol. The van der Waals surface area contributed by atoms with Gasteiger partial charge in [-0.3, -0.25) is 9.00 Å². The van der Waals surface area contributed by atoms with Crippen molar-refractivity contribution in [3.8, 4) is 0 Å². The molecule has 5 heteroatoms. The third-order valence-electron chi connectivity index (χ3n) is 2.97. The summed E-state index contributed by atoms with van der Waals surface area (Å²) in [7, 11) is -1.25. The predicted octanol–water partition coefficient (Wildman–Crippen LogP) is 4.76. The molecule has 0 aliphatic carbocycles. The lowest BCUT2D eigenvalue weighted by atomic mass is 10.1. The van der Waals surface area contributed by atoms with Gasteiger partial charge in [-0.05, 0) is 24.6 Å². The van der Waals surface area contributed by atoms with Gasteiger partial charge >= 0.3 is 0 Å². The third-order valence-corrected chi connectivity index (χ3v) is 5.13. The fraction of sp³-hybridized carbons (Fsp3) is 0.188. The minimum absolute atomic E-state index is 0.0600. The van der Waals surface area contributed by atoms with E-state index in [-0.39, 0.29) is 5.78 Å². The largest absolute Gasteiger partial charge is 0.294 e. The number of benzene rings is 2. The summed E-state index contributed by atoms with van der Waals surface area (Å²) in [5.41, 5.74) is 0.684. The first-order chi connectivity index (χ1) is 10.1. The van der Waals surface area contributed by atoms with Crippen molar-refractivity contribution in [2.24, 2.45) is 0 Å². The normalized spacial score (nSPS) is 12.1. The minimum Gasteiger partial charge on any atom is -0.294 e. The standard InChI is InChI=1S/C16H14Cl2O2S/c17-13-8-9-14(18)16(11-13)21(20)10-4-7-15(19)12-5-2-1-3-6-12/h1-3,5-6,8-9,11H,4,7,10H2. The van der Waals surface area contributed by atoms with Gasteiger partial charge in [0.05, 0.1) is 20.7 Å². The molecule has 0 amide bonds. The molecule has 0 aromatic heterocycles. The first-order valence-electron chi connectivity index (χ1n) is 6.49. The van der Waals surface area contributed by atoms with Crippen LogP contribution in [0.25, 0.3) is 0 Å². The molecule has 0 radical (unpaired) electrons. The number of hydrogen-bond acceptors (Lipinski definition) is 2. The van der Waals surface area contributed by atoms with Crippen molar-refractivity contribution in [3.63, 3.8) is 0 Å². The van der Waals surface area contributed by atoms with Crippen LogP contribution in [0.4, 0.5) is 0 Å². The summed E-state index contributed by atoms with van der Waals surface area (Å²) in [4.78, 5) is 12.5. The lowest BCUT2D eigenvalue weighted by molar-refractivity contribution is 0.0982. The van der Waals surface area contributed by atoms with E-state index in [1.54, 1.807) is 30.3 Å². The molecule has 2 rings (SSSR count). The Bertz CT molecular complexity index is 657. The van der Waals surface area contributed by atoms with Crippen LogP contribution in [0.15, 0.2) is 53.4 Å². The van der Waals surface area contributed by atoms with Gasteiger partial charge in [0.1, 0.15) is 0 Å². The van der Waals surface area contributed by atoms with Gasteiger partial charge in [0.15, 0.2) is 5.78 Å². The molecule has 21 heavy (non-hydrogen) atoms. The Hall–Kier alpha value is -1.16. The second kappa shape index (κ2) is 7.74. The van der Waals surface area contributed by atoms with Gasteiger partial charge in [-0.1, -0.05) is 53.5 Å². The molecule has 0 aliphatic heterocycles. The summed E-state index contributed by atoms with van der Waals surface area (Å²) in [6.45, 7) is 0. The van der Waals surface area contributed by atoms with Crippen LogP contribution in [0.2, 0.25) is 10.0 Å². The lowest BCUT2D eigenvalue weighted by Crippen LogP contribution is -2.04. The van der Waals surface area contributed by atoms with Crippen LogP contribution in [-0.4, -0.2) is 15.7 Å². The first kappa shape index (κ1) is 16.2. The van der Waals surface area contributed by atoms with Crippen LogP contribution in [0.1, 0.15) is 23.2 Å². The minimum atomic E-state index is -1.25. The molecule has 0 aliphatic rings. The lowest BCUT2D eigenvalue weighted by Gasteiger charge is -2.05. The van der Waals surface area contributed by atoms with Crippen molar-refractivity contribution in [2.45, 2.75) is 17.7 Å². The summed E-state index contributed by atoms with van der Waals surface area (Å²) < 4.78 is 12.2. The highest BCUT2D eigenvalue weighted by molar-refractivity contribution is 7.85. The van der Waals surface area contributed by atoms with Crippen molar-refractivity contribution < 1.29 is 9.00 Å². The zero-order valence-electron chi connectivity index (χ0n) is 11.2. The SMILES string of the molecule is O=C(CCCS(=O)c1cc(Cl)ccc1Cl)c1ccccc1. The fourth-order valence-electron chi connectivity index (χ4n) is 1.89. The fourth-order valence-corrected chi connectivity index (χ4v) is 3.68. The summed E-state index contributed by atoms with van der Waals surface area (Å²) in [5, 5.41) is 0.940. The Morgan fingerprint density at radius 2 is 1.76 bits per heavy atom. The van der Waals surface area contributed by atoms with Gasteiger partial charge in [0.25, 0.3) is 0 Å². The Balaban J connectivity index is 1.90. The zero-order valence-corrected chi connectivity index (χ0v) is 13.5. The zero-order chi connectivity index (χ0) is 15.2. The Kier molecular flexibility index (Phi) is 5.97. The highest BCUT2D eigenvalue weighted by Gasteiger charge is 2.11. The maximum Gasteiger partial charge on any atom is 0.162 e. The van der Waals surface area contributed by atoms with Gasteiger partial charge in [-0.2, -0.15) is 0 Å². The van der Waals surface area contributed by atoms with E-state index in [4.69, 9.17) is 23.2 Å². The van der Waals surface area contributed by atoms with E-state index in [0.29, 0.717) is 39.1 Å². The van der Waals surface area contributed by atoms with E-state index >= 15 is 0 Å². The Labute approximate surface area is 136 Å². The van der Waals surface area contributed by atoms with Crippen LogP contribution in [0, 0.1) is 0 Å². The summed E-state index contributed by atoms with van der Waals surface area (Å²) >= 11 is 11.9. The molecule has 2 aromatic rings. The van der Waals surface area contributed by atoms with Crippen LogP contribution in [0.3, 0.4) is 0 Å². The highest BCUT2D eigenvalue weighted by atomic mass is 35.5. The molecule has 1 unspecified atom stereocenters. The molecule has 1 atom stereocenters. The molecule has 0 fully saturated rings. The quantitative estimate of drug-likeness (QED) is 0.710. The van der Waals surface area contributed by atoms with Crippen molar-refractivity contribution in [1.29, 1.82) is 0 Å². The second-order valence-corrected chi connectivity index (χ2v) is 6.90. The van der Waals surface area contributed by atoms with E-state index in [9.17, 15) is 9.00 Å². The number of Topliss-reactive ketones (excluding diaryl/α,β-unsaturated/α-hetero) is 1. The molecule has 2 nitrogen and oxygen atoms in total. The smallest absolute Gasteiger partial charge is 0.162 e. The molecule has 0 bridgehead atoms. The van der Waals surface area contributed by atoms with Gasteiger partial charge in [-0.25, -0.2) is 0 Å². The molecule has 0 heterocycles. The average molecular weight is 341 g/mol. The highest BCUT2D eigenvalue weighted by Crippen LogP contribution is 2.24. The number of hydrogen-bond donors (Lipinski definition) is 0. The number of carbonyl (C=O) groups excluding carboxylic acids is 1. The Morgan fingerprint density at radius 3 is 2.48 bits per heavy atom. The first-order valence-corrected chi connectivity index (χ1v) is 8.57. The predicted molar refractivity (Wildman–Crippen MR) is 87.7 cm³/mol. The van der Waals surface area contributed by atoms with E-state index in [0.717, 1.165) is 0 Å². The topological polar surface area (TPSA) is 34.1 Å². The number of carbonyl (C=O) groups is 1. The van der Waals surface area contributed by atoms with Gasteiger partial charge in [0, 0.05) is 22.8 Å².